The topological polar surface area (TPSA) is 85.8 Å². The number of pyridine rings is 1. The molecule has 1 saturated carbocycles. The molecule has 1 aliphatic rings. The van der Waals surface area contributed by atoms with Crippen LogP contribution in [0, 0.1) is 13.8 Å². The van der Waals surface area contributed by atoms with Crippen LogP contribution in [0.5, 0.6) is 0 Å². The maximum absolute atomic E-state index is 13.0. The van der Waals surface area contributed by atoms with E-state index in [1.165, 1.54) is 31.0 Å². The summed E-state index contributed by atoms with van der Waals surface area (Å²) in [6.45, 7) is 3.82. The Morgan fingerprint density at radius 3 is 2.83 bits per heavy atom. The molecule has 3 heterocycles. The number of nitrogens with zero attached hydrogens (tertiary/aromatic N) is 4. The lowest BCUT2D eigenvalue weighted by molar-refractivity contribution is 0.102. The Kier molecular flexibility index (Phi) is 5.99. The summed E-state index contributed by atoms with van der Waals surface area (Å²) < 4.78 is 7.19. The Bertz CT molecular complexity index is 971. The average molecular weight is 412 g/mol. The number of hydrogen-bond donors (Lipinski definition) is 1. The quantitative estimate of drug-likeness (QED) is 0.579. The molecule has 1 aliphatic carbocycles. The lowest BCUT2D eigenvalue weighted by atomic mass is 9.96. The van der Waals surface area contributed by atoms with E-state index in [0.29, 0.717) is 22.4 Å². The highest BCUT2D eigenvalue weighted by Gasteiger charge is 2.21. The van der Waals surface area contributed by atoms with Crippen LogP contribution in [0.15, 0.2) is 40.1 Å². The number of amides is 1. The van der Waals surface area contributed by atoms with Gasteiger partial charge < -0.3 is 9.84 Å². The van der Waals surface area contributed by atoms with Crippen LogP contribution in [-0.4, -0.2) is 25.8 Å². The fourth-order valence-electron chi connectivity index (χ4n) is 3.74. The zero-order chi connectivity index (χ0) is 20.2. The Morgan fingerprint density at radius 2 is 2.07 bits per heavy atom. The van der Waals surface area contributed by atoms with Crippen LogP contribution >= 0.6 is 11.8 Å². The monoisotopic (exact) mass is 411 g/mol. The van der Waals surface area contributed by atoms with Gasteiger partial charge in [-0.05, 0) is 38.8 Å². The van der Waals surface area contributed by atoms with E-state index >= 15 is 0 Å². The number of carbonyl (C=O) groups excluding carboxylic acids is 1. The van der Waals surface area contributed by atoms with Crippen molar-refractivity contribution in [1.82, 2.24) is 19.9 Å². The summed E-state index contributed by atoms with van der Waals surface area (Å²) in [7, 11) is 0. The molecule has 4 rings (SSSR count). The number of rotatable bonds is 6. The number of aromatic nitrogens is 4. The van der Waals surface area contributed by atoms with Gasteiger partial charge >= 0.3 is 0 Å². The van der Waals surface area contributed by atoms with Crippen LogP contribution in [-0.2, 0) is 5.75 Å². The van der Waals surface area contributed by atoms with Crippen molar-refractivity contribution in [3.8, 4) is 0 Å². The second-order valence-electron chi connectivity index (χ2n) is 7.35. The average Bonchev–Trinajstić information content (AvgIpc) is 3.33. The maximum Gasteiger partial charge on any atom is 0.259 e. The molecule has 3 aromatic rings. The van der Waals surface area contributed by atoms with Gasteiger partial charge in [-0.15, -0.1) is 11.8 Å². The SMILES string of the molecule is Cc1noc(C)c1CSc1ncccc1C(=O)Nc1ccnn1C1CCCCC1. The zero-order valence-corrected chi connectivity index (χ0v) is 17.5. The van der Waals surface area contributed by atoms with Crippen molar-refractivity contribution in [3.63, 3.8) is 0 Å². The first-order chi connectivity index (χ1) is 14.1. The first kappa shape index (κ1) is 19.7. The van der Waals surface area contributed by atoms with E-state index in [0.717, 1.165) is 35.7 Å². The molecule has 0 bridgehead atoms. The molecular formula is C21H25N5O2S. The summed E-state index contributed by atoms with van der Waals surface area (Å²) in [6.07, 6.45) is 9.37. The van der Waals surface area contributed by atoms with Crippen LogP contribution in [0.4, 0.5) is 5.82 Å². The molecule has 152 valence electrons. The van der Waals surface area contributed by atoms with Gasteiger partial charge in [0.05, 0.1) is 23.5 Å². The molecular weight excluding hydrogens is 386 g/mol. The number of aryl methyl sites for hydroxylation is 2. The molecule has 29 heavy (non-hydrogen) atoms. The van der Waals surface area contributed by atoms with E-state index in [2.05, 4.69) is 20.6 Å². The Morgan fingerprint density at radius 1 is 1.24 bits per heavy atom. The van der Waals surface area contributed by atoms with E-state index < -0.39 is 0 Å². The van der Waals surface area contributed by atoms with Gasteiger partial charge in [-0.2, -0.15) is 5.10 Å². The molecule has 0 spiro atoms. The fraction of sp³-hybridized carbons (Fsp3) is 0.429. The van der Waals surface area contributed by atoms with E-state index in [-0.39, 0.29) is 5.91 Å². The molecule has 0 radical (unpaired) electrons. The Balaban J connectivity index is 1.49. The van der Waals surface area contributed by atoms with Crippen molar-refractivity contribution >= 4 is 23.5 Å². The van der Waals surface area contributed by atoms with Crippen LogP contribution < -0.4 is 5.32 Å². The van der Waals surface area contributed by atoms with Gasteiger partial charge in [-0.1, -0.05) is 24.4 Å². The van der Waals surface area contributed by atoms with Gasteiger partial charge in [0.25, 0.3) is 5.91 Å². The number of anilines is 1. The van der Waals surface area contributed by atoms with E-state index in [4.69, 9.17) is 4.52 Å². The predicted molar refractivity (Wildman–Crippen MR) is 112 cm³/mol. The molecule has 7 nitrogen and oxygen atoms in total. The molecule has 0 atom stereocenters. The molecule has 0 aliphatic heterocycles. The van der Waals surface area contributed by atoms with Gasteiger partial charge in [0.2, 0.25) is 0 Å². The van der Waals surface area contributed by atoms with Crippen molar-refractivity contribution < 1.29 is 9.32 Å². The highest BCUT2D eigenvalue weighted by Crippen LogP contribution is 2.31. The molecule has 1 amide bonds. The van der Waals surface area contributed by atoms with Gasteiger partial charge in [-0.25, -0.2) is 9.67 Å². The van der Waals surface area contributed by atoms with Gasteiger partial charge in [-0.3, -0.25) is 4.79 Å². The minimum absolute atomic E-state index is 0.170. The van der Waals surface area contributed by atoms with Gasteiger partial charge in [0.15, 0.2) is 0 Å². The smallest absolute Gasteiger partial charge is 0.259 e. The summed E-state index contributed by atoms with van der Waals surface area (Å²) in [6, 6.07) is 5.81. The summed E-state index contributed by atoms with van der Waals surface area (Å²) in [5.74, 6) is 2.02. The Labute approximate surface area is 174 Å². The second-order valence-corrected chi connectivity index (χ2v) is 8.32. The molecule has 0 saturated heterocycles. The highest BCUT2D eigenvalue weighted by molar-refractivity contribution is 7.98. The normalized spacial score (nSPS) is 14.8. The summed E-state index contributed by atoms with van der Waals surface area (Å²) in [5.41, 5.74) is 2.47. The molecule has 1 fully saturated rings. The third-order valence-electron chi connectivity index (χ3n) is 5.38. The van der Waals surface area contributed by atoms with Crippen molar-refractivity contribution in [2.45, 2.75) is 62.8 Å². The van der Waals surface area contributed by atoms with Crippen molar-refractivity contribution in [2.24, 2.45) is 0 Å². The number of carbonyl (C=O) groups is 1. The third kappa shape index (κ3) is 4.37. The lowest BCUT2D eigenvalue weighted by Gasteiger charge is -2.24. The third-order valence-corrected chi connectivity index (χ3v) is 6.41. The Hall–Kier alpha value is -2.61. The van der Waals surface area contributed by atoms with Crippen molar-refractivity contribution in [1.29, 1.82) is 0 Å². The van der Waals surface area contributed by atoms with Crippen LogP contribution in [0.1, 0.15) is 65.5 Å². The minimum Gasteiger partial charge on any atom is -0.361 e. The second kappa shape index (κ2) is 8.82. The van der Waals surface area contributed by atoms with Crippen molar-refractivity contribution in [2.75, 3.05) is 5.32 Å². The molecule has 0 aromatic carbocycles. The summed E-state index contributed by atoms with van der Waals surface area (Å²) in [4.78, 5) is 17.5. The van der Waals surface area contributed by atoms with Crippen LogP contribution in [0.2, 0.25) is 0 Å². The number of nitrogens with one attached hydrogen (secondary N) is 1. The number of thioether (sulfide) groups is 1. The summed E-state index contributed by atoms with van der Waals surface area (Å²) >= 11 is 1.51. The lowest BCUT2D eigenvalue weighted by Crippen LogP contribution is -2.20. The first-order valence-corrected chi connectivity index (χ1v) is 11.0. The first-order valence-electron chi connectivity index (χ1n) is 9.98. The van der Waals surface area contributed by atoms with E-state index in [9.17, 15) is 4.79 Å². The van der Waals surface area contributed by atoms with E-state index in [1.807, 2.05) is 24.6 Å². The van der Waals surface area contributed by atoms with Gasteiger partial charge in [0.1, 0.15) is 16.6 Å². The molecule has 3 aromatic heterocycles. The molecule has 1 N–H and O–H groups in total. The standard InChI is InChI=1S/C21H25N5O2S/c1-14-18(15(2)28-25-14)13-29-21-17(9-6-11-22-21)20(27)24-19-10-12-23-26(19)16-7-4-3-5-8-16/h6,9-12,16H,3-5,7-8,13H2,1-2H3,(H,24,27). The van der Waals surface area contributed by atoms with E-state index in [1.54, 1.807) is 24.5 Å². The van der Waals surface area contributed by atoms with Crippen molar-refractivity contribution in [3.05, 3.63) is 53.2 Å². The molecule has 8 heteroatoms. The number of hydrogen-bond acceptors (Lipinski definition) is 6. The van der Waals surface area contributed by atoms with Crippen LogP contribution in [0.25, 0.3) is 0 Å². The highest BCUT2D eigenvalue weighted by atomic mass is 32.2. The largest absolute Gasteiger partial charge is 0.361 e. The maximum atomic E-state index is 13.0. The van der Waals surface area contributed by atoms with Gasteiger partial charge in [0, 0.05) is 23.6 Å². The predicted octanol–water partition coefficient (Wildman–Crippen LogP) is 4.93. The summed E-state index contributed by atoms with van der Waals surface area (Å²) in [5, 5.41) is 12.2. The molecule has 0 unspecified atom stereocenters. The fourth-order valence-corrected chi connectivity index (χ4v) is 4.89. The zero-order valence-electron chi connectivity index (χ0n) is 16.7. The van der Waals surface area contributed by atoms with Crippen LogP contribution in [0.3, 0.4) is 0 Å². The minimum atomic E-state index is -0.170.